The molecule has 0 spiro atoms. The summed E-state index contributed by atoms with van der Waals surface area (Å²) in [6, 6.07) is 11.2. The molecule has 1 N–H and O–H groups in total. The van der Waals surface area contributed by atoms with Gasteiger partial charge in [-0.25, -0.2) is 4.39 Å². The van der Waals surface area contributed by atoms with Crippen LogP contribution in [-0.4, -0.2) is 13.6 Å². The van der Waals surface area contributed by atoms with E-state index in [0.29, 0.717) is 0 Å². The highest BCUT2D eigenvalue weighted by atomic mass is 35.5. The molecule has 21 heavy (non-hydrogen) atoms. The number of benzene rings is 2. The maximum Gasteiger partial charge on any atom is 0.125 e. The van der Waals surface area contributed by atoms with Gasteiger partial charge in [0.05, 0.1) is 0 Å². The number of nitrogens with zero attached hydrogens (tertiary/aromatic N) is 1. The van der Waals surface area contributed by atoms with Gasteiger partial charge in [-0.1, -0.05) is 23.7 Å². The summed E-state index contributed by atoms with van der Waals surface area (Å²) >= 11 is 6.40. The summed E-state index contributed by atoms with van der Waals surface area (Å²) < 4.78 is 13.5. The Bertz CT molecular complexity index is 672. The number of halogens is 2. The number of nitrogens with one attached hydrogen (secondary N) is 1. The minimum absolute atomic E-state index is 0.202. The fourth-order valence-electron chi connectivity index (χ4n) is 2.81. The smallest absolute Gasteiger partial charge is 0.125 e. The molecule has 0 fully saturated rings. The predicted octanol–water partition coefficient (Wildman–Crippen LogP) is 4.45. The van der Waals surface area contributed by atoms with Gasteiger partial charge < -0.3 is 10.2 Å². The molecule has 3 rings (SSSR count). The molecule has 0 aromatic heterocycles. The van der Waals surface area contributed by atoms with Crippen LogP contribution < -0.4 is 10.2 Å². The Hall–Kier alpha value is -1.58. The number of fused-ring (bicyclic) bond motifs is 1. The van der Waals surface area contributed by atoms with Crippen molar-refractivity contribution >= 4 is 23.0 Å². The van der Waals surface area contributed by atoms with E-state index < -0.39 is 0 Å². The van der Waals surface area contributed by atoms with Crippen molar-refractivity contribution in [1.29, 1.82) is 0 Å². The average molecular weight is 305 g/mol. The van der Waals surface area contributed by atoms with Crippen molar-refractivity contribution in [2.75, 3.05) is 18.5 Å². The van der Waals surface area contributed by atoms with E-state index in [2.05, 4.69) is 23.2 Å². The predicted molar refractivity (Wildman–Crippen MR) is 86.0 cm³/mol. The van der Waals surface area contributed by atoms with Crippen molar-refractivity contribution in [2.24, 2.45) is 0 Å². The Balaban J connectivity index is 1.97. The van der Waals surface area contributed by atoms with E-state index in [4.69, 9.17) is 11.6 Å². The summed E-state index contributed by atoms with van der Waals surface area (Å²) in [5.41, 5.74) is 4.21. The van der Waals surface area contributed by atoms with Crippen molar-refractivity contribution in [1.82, 2.24) is 5.32 Å². The second-order valence-electron chi connectivity index (χ2n) is 5.39. The summed E-state index contributed by atoms with van der Waals surface area (Å²) in [5.74, 6) is -0.202. The van der Waals surface area contributed by atoms with Gasteiger partial charge in [-0.05, 0) is 55.8 Å². The molecular weight excluding hydrogens is 287 g/mol. The van der Waals surface area contributed by atoms with Gasteiger partial charge in [-0.15, -0.1) is 0 Å². The van der Waals surface area contributed by atoms with Crippen LogP contribution in [0.1, 0.15) is 24.1 Å². The lowest BCUT2D eigenvalue weighted by Crippen LogP contribution is -2.15. The van der Waals surface area contributed by atoms with Crippen LogP contribution in [0, 0.1) is 5.82 Å². The number of hydrogen-bond acceptors (Lipinski definition) is 2. The third-order valence-electron chi connectivity index (χ3n) is 4.14. The van der Waals surface area contributed by atoms with Crippen LogP contribution in [0.3, 0.4) is 0 Å². The number of anilines is 2. The van der Waals surface area contributed by atoms with E-state index >= 15 is 0 Å². The fraction of sp³-hybridized carbons (Fsp3) is 0.294. The summed E-state index contributed by atoms with van der Waals surface area (Å²) in [7, 11) is 1.91. The van der Waals surface area contributed by atoms with Crippen LogP contribution in [0.25, 0.3) is 0 Å². The van der Waals surface area contributed by atoms with E-state index in [0.717, 1.165) is 34.9 Å². The van der Waals surface area contributed by atoms with Crippen LogP contribution in [0.2, 0.25) is 5.02 Å². The van der Waals surface area contributed by atoms with Crippen molar-refractivity contribution < 1.29 is 4.39 Å². The molecule has 1 aliphatic heterocycles. The molecule has 0 saturated heterocycles. The molecule has 0 aliphatic carbocycles. The molecule has 2 aromatic carbocycles. The maximum atomic E-state index is 13.5. The van der Waals surface area contributed by atoms with Crippen LogP contribution in [0.4, 0.5) is 15.8 Å². The highest BCUT2D eigenvalue weighted by Gasteiger charge is 2.21. The SMILES string of the molecule is CNC(C)c1ccc(N2CCc3ccc(F)cc32)cc1Cl. The molecule has 0 radical (unpaired) electrons. The first-order valence-corrected chi connectivity index (χ1v) is 7.50. The first kappa shape index (κ1) is 14.4. The van der Waals surface area contributed by atoms with Gasteiger partial charge in [-0.2, -0.15) is 0 Å². The van der Waals surface area contributed by atoms with Crippen LogP contribution >= 0.6 is 11.6 Å². The fourth-order valence-corrected chi connectivity index (χ4v) is 3.15. The Morgan fingerprint density at radius 1 is 1.24 bits per heavy atom. The zero-order valence-electron chi connectivity index (χ0n) is 12.2. The Morgan fingerprint density at radius 2 is 2.05 bits per heavy atom. The monoisotopic (exact) mass is 304 g/mol. The molecule has 1 heterocycles. The van der Waals surface area contributed by atoms with E-state index in [9.17, 15) is 4.39 Å². The first-order chi connectivity index (χ1) is 10.1. The van der Waals surface area contributed by atoms with E-state index in [-0.39, 0.29) is 11.9 Å². The molecule has 4 heteroatoms. The molecule has 0 saturated carbocycles. The lowest BCUT2D eigenvalue weighted by molar-refractivity contribution is 0.628. The Labute approximate surface area is 129 Å². The highest BCUT2D eigenvalue weighted by Crippen LogP contribution is 2.37. The van der Waals surface area contributed by atoms with E-state index in [1.165, 1.54) is 11.6 Å². The maximum absolute atomic E-state index is 13.5. The Kier molecular flexibility index (Phi) is 3.87. The summed E-state index contributed by atoms with van der Waals surface area (Å²) in [4.78, 5) is 2.12. The summed E-state index contributed by atoms with van der Waals surface area (Å²) in [5, 5.41) is 3.92. The molecule has 0 amide bonds. The zero-order chi connectivity index (χ0) is 15.0. The van der Waals surface area contributed by atoms with Crippen LogP contribution in [0.5, 0.6) is 0 Å². The summed E-state index contributed by atoms with van der Waals surface area (Å²) in [6.45, 7) is 2.93. The van der Waals surface area contributed by atoms with Gasteiger partial charge in [0.15, 0.2) is 0 Å². The largest absolute Gasteiger partial charge is 0.341 e. The molecule has 2 nitrogen and oxygen atoms in total. The summed E-state index contributed by atoms with van der Waals surface area (Å²) in [6.07, 6.45) is 0.932. The van der Waals surface area contributed by atoms with Crippen LogP contribution in [0.15, 0.2) is 36.4 Å². The second-order valence-corrected chi connectivity index (χ2v) is 5.80. The number of hydrogen-bond donors (Lipinski definition) is 1. The van der Waals surface area contributed by atoms with Gasteiger partial charge in [0.1, 0.15) is 5.82 Å². The van der Waals surface area contributed by atoms with Crippen molar-refractivity contribution in [3.63, 3.8) is 0 Å². The molecule has 1 aliphatic rings. The first-order valence-electron chi connectivity index (χ1n) is 7.13. The van der Waals surface area contributed by atoms with Crippen molar-refractivity contribution in [3.8, 4) is 0 Å². The second kappa shape index (κ2) is 5.66. The van der Waals surface area contributed by atoms with E-state index in [1.807, 2.05) is 25.2 Å². The Morgan fingerprint density at radius 3 is 2.76 bits per heavy atom. The topological polar surface area (TPSA) is 15.3 Å². The molecular formula is C17H18ClFN2. The quantitative estimate of drug-likeness (QED) is 0.901. The minimum Gasteiger partial charge on any atom is -0.341 e. The van der Waals surface area contributed by atoms with Gasteiger partial charge in [0, 0.05) is 29.0 Å². The third-order valence-corrected chi connectivity index (χ3v) is 4.47. The van der Waals surface area contributed by atoms with Gasteiger partial charge in [0.2, 0.25) is 0 Å². The molecule has 0 bridgehead atoms. The zero-order valence-corrected chi connectivity index (χ0v) is 12.9. The molecule has 2 aromatic rings. The van der Waals surface area contributed by atoms with Gasteiger partial charge in [-0.3, -0.25) is 0 Å². The van der Waals surface area contributed by atoms with Crippen molar-refractivity contribution in [3.05, 3.63) is 58.4 Å². The average Bonchev–Trinajstić information content (AvgIpc) is 2.89. The third kappa shape index (κ3) is 2.63. The molecule has 1 unspecified atom stereocenters. The number of rotatable bonds is 3. The van der Waals surface area contributed by atoms with Gasteiger partial charge >= 0.3 is 0 Å². The van der Waals surface area contributed by atoms with Gasteiger partial charge in [0.25, 0.3) is 0 Å². The normalized spacial score (nSPS) is 15.1. The molecule has 110 valence electrons. The molecule has 1 atom stereocenters. The van der Waals surface area contributed by atoms with Crippen LogP contribution in [-0.2, 0) is 6.42 Å². The standard InChI is InChI=1S/C17H18ClFN2/c1-11(20-2)15-6-5-14(10-16(15)18)21-8-7-12-3-4-13(19)9-17(12)21/h3-6,9-11,20H,7-8H2,1-2H3. The minimum atomic E-state index is -0.202. The lowest BCUT2D eigenvalue weighted by Gasteiger charge is -2.21. The highest BCUT2D eigenvalue weighted by molar-refractivity contribution is 6.31. The van der Waals surface area contributed by atoms with Crippen molar-refractivity contribution in [2.45, 2.75) is 19.4 Å². The lowest BCUT2D eigenvalue weighted by atomic mass is 10.1. The van der Waals surface area contributed by atoms with E-state index in [1.54, 1.807) is 6.07 Å².